The number of carbonyl (C=O) groups excluding carboxylic acids is 1. The van der Waals surface area contributed by atoms with E-state index >= 15 is 0 Å². The van der Waals surface area contributed by atoms with Crippen molar-refractivity contribution in [3.63, 3.8) is 0 Å². The number of nitro benzene ring substituents is 1. The molecule has 28 heavy (non-hydrogen) atoms. The van der Waals surface area contributed by atoms with Crippen LogP contribution in [0.2, 0.25) is 0 Å². The van der Waals surface area contributed by atoms with Crippen molar-refractivity contribution in [1.82, 2.24) is 14.8 Å². The molecular formula is C20H21N5O3. The minimum atomic E-state index is -0.475. The number of hydrogen-bond donors (Lipinski definition) is 1. The van der Waals surface area contributed by atoms with Gasteiger partial charge in [0, 0.05) is 29.8 Å². The quantitative estimate of drug-likeness (QED) is 0.524. The standard InChI is InChI=1S/C20H21N5O3/c1-11(2)24-19-16(10-21-24)15(9-18(22-19)13-5-6-13)20(26)23-17-8-14(25(27)28)7-4-12(17)3/h4,7-11,13H,5-6H2,1-3H3,(H,23,26). The summed E-state index contributed by atoms with van der Waals surface area (Å²) in [6.07, 6.45) is 3.80. The Labute approximate surface area is 161 Å². The zero-order valence-electron chi connectivity index (χ0n) is 16.0. The van der Waals surface area contributed by atoms with Gasteiger partial charge in [0.15, 0.2) is 5.65 Å². The van der Waals surface area contributed by atoms with Gasteiger partial charge in [0.05, 0.1) is 27.8 Å². The first-order chi connectivity index (χ1) is 13.3. The molecule has 2 heterocycles. The van der Waals surface area contributed by atoms with Crippen molar-refractivity contribution in [2.45, 2.75) is 45.6 Å². The number of nitro groups is 1. The predicted octanol–water partition coefficient (Wildman–Crippen LogP) is 4.36. The zero-order chi connectivity index (χ0) is 20.0. The lowest BCUT2D eigenvalue weighted by Gasteiger charge is -2.12. The number of nitrogens with zero attached hydrogens (tertiary/aromatic N) is 4. The largest absolute Gasteiger partial charge is 0.321 e. The van der Waals surface area contributed by atoms with Crippen molar-refractivity contribution in [3.8, 4) is 0 Å². The summed E-state index contributed by atoms with van der Waals surface area (Å²) in [5, 5.41) is 19.0. The van der Waals surface area contributed by atoms with Crippen LogP contribution in [0.1, 0.15) is 60.3 Å². The second kappa shape index (κ2) is 6.70. The molecule has 0 radical (unpaired) electrons. The summed E-state index contributed by atoms with van der Waals surface area (Å²) in [7, 11) is 0. The average molecular weight is 379 g/mol. The molecule has 1 N–H and O–H groups in total. The first kappa shape index (κ1) is 18.1. The van der Waals surface area contributed by atoms with Crippen LogP contribution in [0.5, 0.6) is 0 Å². The number of amides is 1. The van der Waals surface area contributed by atoms with E-state index in [0.29, 0.717) is 28.2 Å². The summed E-state index contributed by atoms with van der Waals surface area (Å²) in [5.41, 5.74) is 3.20. The van der Waals surface area contributed by atoms with Crippen LogP contribution in [0.15, 0.2) is 30.5 Å². The van der Waals surface area contributed by atoms with Crippen molar-refractivity contribution in [1.29, 1.82) is 0 Å². The first-order valence-corrected chi connectivity index (χ1v) is 9.29. The summed E-state index contributed by atoms with van der Waals surface area (Å²) < 4.78 is 1.82. The van der Waals surface area contributed by atoms with Crippen LogP contribution in [0.4, 0.5) is 11.4 Å². The van der Waals surface area contributed by atoms with E-state index in [4.69, 9.17) is 4.98 Å². The van der Waals surface area contributed by atoms with Gasteiger partial charge in [-0.2, -0.15) is 5.10 Å². The lowest BCUT2D eigenvalue weighted by atomic mass is 10.1. The predicted molar refractivity (Wildman–Crippen MR) is 106 cm³/mol. The molecule has 1 saturated carbocycles. The van der Waals surface area contributed by atoms with E-state index in [-0.39, 0.29) is 17.6 Å². The number of nitrogens with one attached hydrogen (secondary N) is 1. The molecule has 0 unspecified atom stereocenters. The lowest BCUT2D eigenvalue weighted by molar-refractivity contribution is -0.384. The van der Waals surface area contributed by atoms with E-state index in [1.807, 2.05) is 24.6 Å². The van der Waals surface area contributed by atoms with Crippen LogP contribution >= 0.6 is 0 Å². The third-order valence-corrected chi connectivity index (χ3v) is 5.00. The molecule has 3 aromatic rings. The van der Waals surface area contributed by atoms with Crippen molar-refractivity contribution in [2.75, 3.05) is 5.32 Å². The Bertz CT molecular complexity index is 1100. The number of anilines is 1. The Hall–Kier alpha value is -3.29. The van der Waals surface area contributed by atoms with Crippen molar-refractivity contribution >= 4 is 28.3 Å². The molecule has 8 heteroatoms. The highest BCUT2D eigenvalue weighted by molar-refractivity contribution is 6.12. The first-order valence-electron chi connectivity index (χ1n) is 9.29. The van der Waals surface area contributed by atoms with Gasteiger partial charge >= 0.3 is 0 Å². The second-order valence-corrected chi connectivity index (χ2v) is 7.50. The molecule has 0 aliphatic heterocycles. The SMILES string of the molecule is Cc1ccc([N+](=O)[O-])cc1NC(=O)c1cc(C2CC2)nc2c1cnn2C(C)C. The molecule has 2 aromatic heterocycles. The van der Waals surface area contributed by atoms with Crippen LogP contribution in [0.3, 0.4) is 0 Å². The number of aromatic nitrogens is 3. The number of rotatable bonds is 5. The van der Waals surface area contributed by atoms with Gasteiger partial charge in [-0.25, -0.2) is 9.67 Å². The molecule has 1 aliphatic rings. The summed E-state index contributed by atoms with van der Waals surface area (Å²) in [6, 6.07) is 6.38. The van der Waals surface area contributed by atoms with Gasteiger partial charge in [0.1, 0.15) is 0 Å². The highest BCUT2D eigenvalue weighted by atomic mass is 16.6. The molecule has 0 bridgehead atoms. The monoisotopic (exact) mass is 379 g/mol. The molecule has 1 amide bonds. The van der Waals surface area contributed by atoms with E-state index < -0.39 is 4.92 Å². The maximum atomic E-state index is 13.1. The third kappa shape index (κ3) is 3.21. The highest BCUT2D eigenvalue weighted by Crippen LogP contribution is 2.40. The van der Waals surface area contributed by atoms with Gasteiger partial charge < -0.3 is 5.32 Å². The molecule has 1 aromatic carbocycles. The van der Waals surface area contributed by atoms with Crippen LogP contribution in [0, 0.1) is 17.0 Å². The topological polar surface area (TPSA) is 103 Å². The molecule has 0 atom stereocenters. The fourth-order valence-electron chi connectivity index (χ4n) is 3.24. The molecule has 0 spiro atoms. The molecule has 4 rings (SSSR count). The van der Waals surface area contributed by atoms with Crippen LogP contribution in [-0.2, 0) is 0 Å². The maximum Gasteiger partial charge on any atom is 0.271 e. The number of non-ortho nitro benzene ring substituents is 1. The Balaban J connectivity index is 1.77. The normalized spacial score (nSPS) is 13.9. The minimum Gasteiger partial charge on any atom is -0.321 e. The van der Waals surface area contributed by atoms with E-state index in [1.165, 1.54) is 12.1 Å². The molecule has 1 aliphatic carbocycles. The lowest BCUT2D eigenvalue weighted by Crippen LogP contribution is -2.14. The second-order valence-electron chi connectivity index (χ2n) is 7.50. The molecular weight excluding hydrogens is 358 g/mol. The fraction of sp³-hybridized carbons (Fsp3) is 0.350. The number of hydrogen-bond acceptors (Lipinski definition) is 5. The Morgan fingerprint density at radius 3 is 2.71 bits per heavy atom. The molecule has 144 valence electrons. The maximum absolute atomic E-state index is 13.1. The number of fused-ring (bicyclic) bond motifs is 1. The van der Waals surface area contributed by atoms with E-state index in [0.717, 1.165) is 24.1 Å². The van der Waals surface area contributed by atoms with Crippen molar-refractivity contribution in [3.05, 3.63) is 57.4 Å². The van der Waals surface area contributed by atoms with E-state index in [1.54, 1.807) is 19.2 Å². The van der Waals surface area contributed by atoms with Gasteiger partial charge in [0.25, 0.3) is 11.6 Å². The summed E-state index contributed by atoms with van der Waals surface area (Å²) in [5.74, 6) is 0.0622. The number of benzene rings is 1. The van der Waals surface area contributed by atoms with Gasteiger partial charge in [-0.15, -0.1) is 0 Å². The van der Waals surface area contributed by atoms with Crippen molar-refractivity contribution < 1.29 is 9.72 Å². The number of aryl methyl sites for hydroxylation is 1. The average Bonchev–Trinajstić information content (AvgIpc) is 3.41. The van der Waals surface area contributed by atoms with E-state index in [9.17, 15) is 14.9 Å². The van der Waals surface area contributed by atoms with Gasteiger partial charge in [-0.1, -0.05) is 6.07 Å². The molecule has 8 nitrogen and oxygen atoms in total. The molecule has 1 fully saturated rings. The summed E-state index contributed by atoms with van der Waals surface area (Å²) in [6.45, 7) is 5.84. The van der Waals surface area contributed by atoms with Crippen LogP contribution < -0.4 is 5.32 Å². The van der Waals surface area contributed by atoms with Gasteiger partial charge in [-0.3, -0.25) is 14.9 Å². The third-order valence-electron chi connectivity index (χ3n) is 5.00. The zero-order valence-corrected chi connectivity index (χ0v) is 16.0. The Morgan fingerprint density at radius 1 is 1.32 bits per heavy atom. The van der Waals surface area contributed by atoms with Crippen LogP contribution in [-0.4, -0.2) is 25.6 Å². The smallest absolute Gasteiger partial charge is 0.271 e. The molecule has 0 saturated heterocycles. The Kier molecular flexibility index (Phi) is 4.33. The Morgan fingerprint density at radius 2 is 2.07 bits per heavy atom. The minimum absolute atomic E-state index is 0.0629. The van der Waals surface area contributed by atoms with Gasteiger partial charge in [-0.05, 0) is 45.2 Å². The number of pyridine rings is 1. The van der Waals surface area contributed by atoms with Crippen LogP contribution in [0.25, 0.3) is 11.0 Å². The van der Waals surface area contributed by atoms with Crippen molar-refractivity contribution in [2.24, 2.45) is 0 Å². The number of carbonyl (C=O) groups is 1. The van der Waals surface area contributed by atoms with Gasteiger partial charge in [0.2, 0.25) is 0 Å². The fourth-order valence-corrected chi connectivity index (χ4v) is 3.24. The summed E-state index contributed by atoms with van der Waals surface area (Å²) in [4.78, 5) is 28.4. The van der Waals surface area contributed by atoms with E-state index in [2.05, 4.69) is 10.4 Å². The highest BCUT2D eigenvalue weighted by Gasteiger charge is 2.28. The summed E-state index contributed by atoms with van der Waals surface area (Å²) >= 11 is 0.